The van der Waals surface area contributed by atoms with Crippen LogP contribution in [0.3, 0.4) is 0 Å². The van der Waals surface area contributed by atoms with Crippen molar-refractivity contribution in [3.05, 3.63) is 143 Å². The third-order valence-corrected chi connectivity index (χ3v) is 6.22. The van der Waals surface area contributed by atoms with Gasteiger partial charge in [-0.1, -0.05) is 66.2 Å². The number of hydrogen-bond donors (Lipinski definition) is 1. The van der Waals surface area contributed by atoms with Crippen molar-refractivity contribution in [3.8, 4) is 11.5 Å². The van der Waals surface area contributed by atoms with Crippen LogP contribution in [0, 0.1) is 0 Å². The molecule has 1 N–H and O–H groups in total. The van der Waals surface area contributed by atoms with Gasteiger partial charge in [-0.05, 0) is 88.1 Å². The van der Waals surface area contributed by atoms with Crippen LogP contribution in [0.2, 0.25) is 5.02 Å². The number of carbonyl (C=O) groups is 1. The Kier molecular flexibility index (Phi) is 7.97. The molecule has 0 atom stereocenters. The number of carbonyl (C=O) groups excluding carboxylic acids is 1. The Labute approximate surface area is 226 Å². The smallest absolute Gasteiger partial charge is 0.271 e. The molecule has 1 amide bonds. The molecule has 0 aromatic heterocycles. The largest absolute Gasteiger partial charge is 0.489 e. The summed E-state index contributed by atoms with van der Waals surface area (Å²) in [6.45, 7) is 0.899. The second-order valence-electron chi connectivity index (χ2n) is 8.63. The summed E-state index contributed by atoms with van der Waals surface area (Å²) in [5.41, 5.74) is 6.03. The maximum Gasteiger partial charge on any atom is 0.271 e. The van der Waals surface area contributed by atoms with E-state index in [4.69, 9.17) is 21.1 Å². The summed E-state index contributed by atoms with van der Waals surface area (Å²) in [5.74, 6) is 1.13. The Morgan fingerprint density at radius 3 is 2.16 bits per heavy atom. The van der Waals surface area contributed by atoms with E-state index >= 15 is 0 Å². The predicted molar refractivity (Wildman–Crippen MR) is 152 cm³/mol. The molecule has 0 aliphatic rings. The molecule has 0 aliphatic carbocycles. The van der Waals surface area contributed by atoms with Crippen molar-refractivity contribution < 1.29 is 14.3 Å². The monoisotopic (exact) mass is 520 g/mol. The summed E-state index contributed by atoms with van der Waals surface area (Å²) >= 11 is 5.91. The molecule has 0 aliphatic heterocycles. The van der Waals surface area contributed by atoms with Gasteiger partial charge in [0.25, 0.3) is 5.91 Å². The summed E-state index contributed by atoms with van der Waals surface area (Å²) in [6, 6.07) is 36.4. The standard InChI is InChI=1S/C32H25ClN2O3/c33-28-14-8-24(9-15-28)21-37-30-18-12-26(13-19-30)32(36)35-34-20-23-10-16-29(17-11-23)38-22-27-6-3-5-25-4-1-2-7-31(25)27/h1-20H,21-22H2,(H,35,36). The van der Waals surface area contributed by atoms with Crippen LogP contribution in [0.15, 0.2) is 120 Å². The minimum atomic E-state index is -0.305. The number of nitrogens with one attached hydrogen (secondary N) is 1. The predicted octanol–water partition coefficient (Wildman–Crippen LogP) is 7.42. The average Bonchev–Trinajstić information content (AvgIpc) is 2.96. The van der Waals surface area contributed by atoms with Crippen LogP contribution >= 0.6 is 11.6 Å². The molecule has 0 bridgehead atoms. The van der Waals surface area contributed by atoms with Gasteiger partial charge in [-0.2, -0.15) is 5.10 Å². The van der Waals surface area contributed by atoms with Gasteiger partial charge in [-0.25, -0.2) is 5.43 Å². The lowest BCUT2D eigenvalue weighted by Gasteiger charge is -2.09. The molecular formula is C32H25ClN2O3. The van der Waals surface area contributed by atoms with Crippen molar-refractivity contribution in [3.63, 3.8) is 0 Å². The van der Waals surface area contributed by atoms with Crippen molar-refractivity contribution in [2.45, 2.75) is 13.2 Å². The van der Waals surface area contributed by atoms with Crippen LogP contribution in [0.25, 0.3) is 10.8 Å². The Bertz CT molecular complexity index is 1540. The first-order chi connectivity index (χ1) is 18.6. The molecule has 0 spiro atoms. The van der Waals surface area contributed by atoms with Crippen LogP contribution in [0.5, 0.6) is 11.5 Å². The lowest BCUT2D eigenvalue weighted by Crippen LogP contribution is -2.17. The van der Waals surface area contributed by atoms with Crippen molar-refractivity contribution in [2.24, 2.45) is 5.10 Å². The third kappa shape index (κ3) is 6.58. The van der Waals surface area contributed by atoms with E-state index in [1.165, 1.54) is 10.8 Å². The molecular weight excluding hydrogens is 496 g/mol. The molecule has 5 nitrogen and oxygen atoms in total. The number of hydrazone groups is 1. The zero-order valence-corrected chi connectivity index (χ0v) is 21.3. The molecule has 38 heavy (non-hydrogen) atoms. The fourth-order valence-electron chi connectivity index (χ4n) is 3.91. The normalized spacial score (nSPS) is 11.0. The van der Waals surface area contributed by atoms with E-state index in [0.29, 0.717) is 29.5 Å². The van der Waals surface area contributed by atoms with Crippen LogP contribution in [0.4, 0.5) is 0 Å². The lowest BCUT2D eigenvalue weighted by molar-refractivity contribution is 0.0955. The molecule has 5 aromatic carbocycles. The maximum atomic E-state index is 12.4. The number of hydrogen-bond acceptors (Lipinski definition) is 4. The molecule has 188 valence electrons. The number of ether oxygens (including phenoxy) is 2. The number of halogens is 1. The van der Waals surface area contributed by atoms with Gasteiger partial charge in [0, 0.05) is 10.6 Å². The van der Waals surface area contributed by atoms with E-state index in [9.17, 15) is 4.79 Å². The van der Waals surface area contributed by atoms with Gasteiger partial charge in [0.1, 0.15) is 24.7 Å². The third-order valence-electron chi connectivity index (χ3n) is 5.97. The minimum absolute atomic E-state index is 0.305. The fourth-order valence-corrected chi connectivity index (χ4v) is 4.04. The Morgan fingerprint density at radius 1 is 0.737 bits per heavy atom. The van der Waals surface area contributed by atoms with Crippen LogP contribution in [0.1, 0.15) is 27.0 Å². The minimum Gasteiger partial charge on any atom is -0.489 e. The van der Waals surface area contributed by atoms with Gasteiger partial charge in [0.05, 0.1) is 6.21 Å². The van der Waals surface area contributed by atoms with E-state index in [1.54, 1.807) is 30.5 Å². The lowest BCUT2D eigenvalue weighted by atomic mass is 10.1. The van der Waals surface area contributed by atoms with Gasteiger partial charge < -0.3 is 9.47 Å². The molecule has 6 heteroatoms. The first-order valence-electron chi connectivity index (χ1n) is 12.1. The Hall–Kier alpha value is -4.61. The van der Waals surface area contributed by atoms with Crippen LogP contribution in [-0.4, -0.2) is 12.1 Å². The zero-order valence-electron chi connectivity index (χ0n) is 20.5. The Balaban J connectivity index is 1.10. The van der Waals surface area contributed by atoms with Gasteiger partial charge in [-0.15, -0.1) is 0 Å². The van der Waals surface area contributed by atoms with E-state index in [0.717, 1.165) is 22.4 Å². The molecule has 0 unspecified atom stereocenters. The van der Waals surface area contributed by atoms with Gasteiger partial charge in [0.15, 0.2) is 0 Å². The van der Waals surface area contributed by atoms with Crippen LogP contribution in [-0.2, 0) is 13.2 Å². The number of rotatable bonds is 9. The van der Waals surface area contributed by atoms with E-state index < -0.39 is 0 Å². The van der Waals surface area contributed by atoms with Crippen molar-refractivity contribution >= 4 is 34.5 Å². The molecule has 5 rings (SSSR count). The number of amides is 1. The molecule has 0 saturated carbocycles. The summed E-state index contributed by atoms with van der Waals surface area (Å²) in [7, 11) is 0. The SMILES string of the molecule is O=C(NN=Cc1ccc(OCc2cccc3ccccc23)cc1)c1ccc(OCc2ccc(Cl)cc2)cc1. The highest BCUT2D eigenvalue weighted by atomic mass is 35.5. The number of benzene rings is 5. The average molecular weight is 521 g/mol. The Morgan fingerprint density at radius 2 is 1.39 bits per heavy atom. The molecule has 0 saturated heterocycles. The molecule has 0 radical (unpaired) electrons. The second kappa shape index (κ2) is 12.1. The summed E-state index contributed by atoms with van der Waals surface area (Å²) < 4.78 is 11.7. The van der Waals surface area contributed by atoms with E-state index in [2.05, 4.69) is 34.8 Å². The van der Waals surface area contributed by atoms with Crippen molar-refractivity contribution in [1.29, 1.82) is 0 Å². The zero-order chi connectivity index (χ0) is 26.2. The highest BCUT2D eigenvalue weighted by Crippen LogP contribution is 2.21. The van der Waals surface area contributed by atoms with Gasteiger partial charge in [0.2, 0.25) is 0 Å². The maximum absolute atomic E-state index is 12.4. The molecule has 0 heterocycles. The fraction of sp³-hybridized carbons (Fsp3) is 0.0625. The highest BCUT2D eigenvalue weighted by molar-refractivity contribution is 6.30. The topological polar surface area (TPSA) is 59.9 Å². The summed E-state index contributed by atoms with van der Waals surface area (Å²) in [6.07, 6.45) is 1.59. The van der Waals surface area contributed by atoms with E-state index in [1.807, 2.05) is 66.7 Å². The van der Waals surface area contributed by atoms with Gasteiger partial charge >= 0.3 is 0 Å². The highest BCUT2D eigenvalue weighted by Gasteiger charge is 2.05. The first-order valence-corrected chi connectivity index (χ1v) is 12.5. The first kappa shape index (κ1) is 25.1. The number of fused-ring (bicyclic) bond motifs is 1. The van der Waals surface area contributed by atoms with E-state index in [-0.39, 0.29) is 5.91 Å². The quantitative estimate of drug-likeness (QED) is 0.162. The molecule has 0 fully saturated rings. The van der Waals surface area contributed by atoms with Crippen molar-refractivity contribution in [2.75, 3.05) is 0 Å². The van der Waals surface area contributed by atoms with Crippen LogP contribution < -0.4 is 14.9 Å². The summed E-state index contributed by atoms with van der Waals surface area (Å²) in [4.78, 5) is 12.4. The van der Waals surface area contributed by atoms with Crippen molar-refractivity contribution in [1.82, 2.24) is 5.43 Å². The van der Waals surface area contributed by atoms with Gasteiger partial charge in [-0.3, -0.25) is 4.79 Å². The second-order valence-corrected chi connectivity index (χ2v) is 9.07. The number of nitrogens with zero attached hydrogens (tertiary/aromatic N) is 1. The summed E-state index contributed by atoms with van der Waals surface area (Å²) in [5, 5.41) is 7.14. The molecule has 5 aromatic rings.